The van der Waals surface area contributed by atoms with E-state index < -0.39 is 0 Å². The molecule has 0 saturated heterocycles. The van der Waals surface area contributed by atoms with Gasteiger partial charge in [-0.05, 0) is 26.0 Å². The molecular weight excluding hydrogens is 224 g/mol. The molecule has 16 heavy (non-hydrogen) atoms. The van der Waals surface area contributed by atoms with E-state index in [9.17, 15) is 0 Å². The van der Waals surface area contributed by atoms with Gasteiger partial charge in [-0.3, -0.25) is 0 Å². The largest absolute Gasteiger partial charge is 0.370 e. The third kappa shape index (κ3) is 2.17. The second-order valence-corrected chi connectivity index (χ2v) is 3.83. The number of hydrogen-bond acceptors (Lipinski definition) is 3. The van der Waals surface area contributed by atoms with Gasteiger partial charge in [-0.25, -0.2) is 9.67 Å². The Balaban J connectivity index is 2.36. The molecule has 4 nitrogen and oxygen atoms in total. The van der Waals surface area contributed by atoms with Crippen LogP contribution in [0.5, 0.6) is 0 Å². The molecule has 5 heteroatoms. The topological polar surface area (TPSA) is 42.7 Å². The van der Waals surface area contributed by atoms with Crippen LogP contribution in [0.25, 0.3) is 5.82 Å². The highest BCUT2D eigenvalue weighted by Crippen LogP contribution is 2.16. The Morgan fingerprint density at radius 2 is 2.25 bits per heavy atom. The van der Waals surface area contributed by atoms with Crippen molar-refractivity contribution < 1.29 is 0 Å². The normalized spacial score (nSPS) is 10.4. The molecule has 0 aliphatic carbocycles. The monoisotopic (exact) mass is 236 g/mol. The zero-order valence-corrected chi connectivity index (χ0v) is 9.99. The van der Waals surface area contributed by atoms with Gasteiger partial charge in [-0.15, -0.1) is 0 Å². The Bertz CT molecular complexity index is 473. The first-order chi connectivity index (χ1) is 7.70. The highest BCUT2D eigenvalue weighted by atomic mass is 35.5. The summed E-state index contributed by atoms with van der Waals surface area (Å²) in [4.78, 5) is 4.42. The van der Waals surface area contributed by atoms with Gasteiger partial charge in [-0.1, -0.05) is 17.7 Å². The van der Waals surface area contributed by atoms with E-state index in [1.807, 2.05) is 32.0 Å². The number of nitrogens with one attached hydrogen (secondary N) is 1. The van der Waals surface area contributed by atoms with Gasteiger partial charge in [0.05, 0.1) is 16.9 Å². The lowest BCUT2D eigenvalue weighted by Gasteiger charge is -2.04. The van der Waals surface area contributed by atoms with Crippen LogP contribution in [0.1, 0.15) is 12.6 Å². The quantitative estimate of drug-likeness (QED) is 0.891. The van der Waals surface area contributed by atoms with Crippen molar-refractivity contribution >= 4 is 17.4 Å². The standard InChI is InChI=1S/C11H13ClN4/c1-3-13-10-5-4-6-11(14-10)16-7-9(12)8(2)15-16/h4-7H,3H2,1-2H3,(H,13,14). The fourth-order valence-corrected chi connectivity index (χ4v) is 1.52. The van der Waals surface area contributed by atoms with Crippen LogP contribution in [0.3, 0.4) is 0 Å². The lowest BCUT2D eigenvalue weighted by molar-refractivity contribution is 0.832. The van der Waals surface area contributed by atoms with Crippen LogP contribution < -0.4 is 5.32 Å². The number of pyridine rings is 1. The maximum atomic E-state index is 5.95. The van der Waals surface area contributed by atoms with Crippen molar-refractivity contribution in [3.8, 4) is 5.82 Å². The van der Waals surface area contributed by atoms with Crippen LogP contribution in [-0.2, 0) is 0 Å². The average Bonchev–Trinajstić information content (AvgIpc) is 2.60. The minimum Gasteiger partial charge on any atom is -0.370 e. The van der Waals surface area contributed by atoms with Crippen LogP contribution in [0.15, 0.2) is 24.4 Å². The minimum atomic E-state index is 0.649. The predicted octanol–water partition coefficient (Wildman–Crippen LogP) is 2.66. The van der Waals surface area contributed by atoms with E-state index in [2.05, 4.69) is 15.4 Å². The van der Waals surface area contributed by atoms with Crippen LogP contribution in [0.4, 0.5) is 5.82 Å². The van der Waals surface area contributed by atoms with Gasteiger partial charge < -0.3 is 5.32 Å². The van der Waals surface area contributed by atoms with Crippen molar-refractivity contribution in [2.45, 2.75) is 13.8 Å². The Morgan fingerprint density at radius 3 is 2.88 bits per heavy atom. The third-order valence-corrected chi connectivity index (χ3v) is 2.54. The molecule has 0 amide bonds. The van der Waals surface area contributed by atoms with Crippen LogP contribution in [0.2, 0.25) is 5.02 Å². The predicted molar refractivity (Wildman–Crippen MR) is 65.3 cm³/mol. The van der Waals surface area contributed by atoms with Gasteiger partial charge in [-0.2, -0.15) is 5.10 Å². The Hall–Kier alpha value is -1.55. The summed E-state index contributed by atoms with van der Waals surface area (Å²) in [6.07, 6.45) is 1.76. The molecule has 1 N–H and O–H groups in total. The Morgan fingerprint density at radius 1 is 1.44 bits per heavy atom. The minimum absolute atomic E-state index is 0.649. The first-order valence-corrected chi connectivity index (χ1v) is 5.51. The van der Waals surface area contributed by atoms with Crippen molar-refractivity contribution in [2.75, 3.05) is 11.9 Å². The average molecular weight is 237 g/mol. The van der Waals surface area contributed by atoms with E-state index in [0.717, 1.165) is 23.9 Å². The number of anilines is 1. The van der Waals surface area contributed by atoms with Crippen molar-refractivity contribution in [3.63, 3.8) is 0 Å². The molecule has 84 valence electrons. The van der Waals surface area contributed by atoms with Crippen molar-refractivity contribution in [1.82, 2.24) is 14.8 Å². The summed E-state index contributed by atoms with van der Waals surface area (Å²) in [7, 11) is 0. The first kappa shape index (κ1) is 11.0. The lowest BCUT2D eigenvalue weighted by atomic mass is 10.4. The molecule has 0 fully saturated rings. The molecule has 0 bridgehead atoms. The summed E-state index contributed by atoms with van der Waals surface area (Å²) in [6.45, 7) is 4.74. The molecule has 2 rings (SSSR count). The first-order valence-electron chi connectivity index (χ1n) is 5.13. The van der Waals surface area contributed by atoms with Crippen molar-refractivity contribution in [2.24, 2.45) is 0 Å². The number of hydrogen-bond donors (Lipinski definition) is 1. The zero-order valence-electron chi connectivity index (χ0n) is 9.24. The second kappa shape index (κ2) is 4.53. The molecule has 0 unspecified atom stereocenters. The van der Waals surface area contributed by atoms with E-state index in [0.29, 0.717) is 5.02 Å². The van der Waals surface area contributed by atoms with E-state index in [4.69, 9.17) is 11.6 Å². The van der Waals surface area contributed by atoms with E-state index in [1.54, 1.807) is 10.9 Å². The lowest BCUT2D eigenvalue weighted by Crippen LogP contribution is -2.03. The molecule has 0 atom stereocenters. The summed E-state index contributed by atoms with van der Waals surface area (Å²) in [5, 5.41) is 8.08. The molecule has 0 saturated carbocycles. The smallest absolute Gasteiger partial charge is 0.155 e. The Labute approximate surface area is 99.3 Å². The van der Waals surface area contributed by atoms with Crippen LogP contribution >= 0.6 is 11.6 Å². The molecule has 0 radical (unpaired) electrons. The third-order valence-electron chi connectivity index (χ3n) is 2.17. The fraction of sp³-hybridized carbons (Fsp3) is 0.273. The highest BCUT2D eigenvalue weighted by molar-refractivity contribution is 6.31. The van der Waals surface area contributed by atoms with Gasteiger partial charge in [0.25, 0.3) is 0 Å². The molecule has 0 spiro atoms. The second-order valence-electron chi connectivity index (χ2n) is 3.42. The van der Waals surface area contributed by atoms with E-state index >= 15 is 0 Å². The molecule has 0 aliphatic heterocycles. The summed E-state index contributed by atoms with van der Waals surface area (Å²) in [5.74, 6) is 1.60. The van der Waals surface area contributed by atoms with Crippen molar-refractivity contribution in [1.29, 1.82) is 0 Å². The molecule has 2 aromatic rings. The van der Waals surface area contributed by atoms with E-state index in [1.165, 1.54) is 0 Å². The Kier molecular flexibility index (Phi) is 3.10. The zero-order chi connectivity index (χ0) is 11.5. The summed E-state index contributed by atoms with van der Waals surface area (Å²) < 4.78 is 1.68. The summed E-state index contributed by atoms with van der Waals surface area (Å²) in [6, 6.07) is 5.75. The van der Waals surface area contributed by atoms with Gasteiger partial charge in [0.2, 0.25) is 0 Å². The number of aryl methyl sites for hydroxylation is 1. The summed E-state index contributed by atoms with van der Waals surface area (Å²) >= 11 is 5.95. The summed E-state index contributed by atoms with van der Waals surface area (Å²) in [5.41, 5.74) is 0.803. The molecule has 2 heterocycles. The number of aromatic nitrogens is 3. The maximum Gasteiger partial charge on any atom is 0.155 e. The molecule has 0 aliphatic rings. The molecule has 2 aromatic heterocycles. The van der Waals surface area contributed by atoms with Gasteiger partial charge >= 0.3 is 0 Å². The van der Waals surface area contributed by atoms with Crippen LogP contribution in [-0.4, -0.2) is 21.3 Å². The number of halogens is 1. The van der Waals surface area contributed by atoms with Gasteiger partial charge in [0.1, 0.15) is 5.82 Å². The maximum absolute atomic E-state index is 5.95. The molecular formula is C11H13ClN4. The van der Waals surface area contributed by atoms with Gasteiger partial charge in [0.15, 0.2) is 5.82 Å². The van der Waals surface area contributed by atoms with Crippen LogP contribution in [0, 0.1) is 6.92 Å². The highest BCUT2D eigenvalue weighted by Gasteiger charge is 2.05. The van der Waals surface area contributed by atoms with E-state index in [-0.39, 0.29) is 0 Å². The SMILES string of the molecule is CCNc1cccc(-n2cc(Cl)c(C)n2)n1. The number of nitrogens with zero attached hydrogens (tertiary/aromatic N) is 3. The van der Waals surface area contributed by atoms with Gasteiger partial charge in [0, 0.05) is 6.54 Å². The fourth-order valence-electron chi connectivity index (χ4n) is 1.39. The molecule has 0 aromatic carbocycles. The number of rotatable bonds is 3. The van der Waals surface area contributed by atoms with Crippen molar-refractivity contribution in [3.05, 3.63) is 35.1 Å².